The summed E-state index contributed by atoms with van der Waals surface area (Å²) in [5, 5.41) is 1.46. The van der Waals surface area contributed by atoms with E-state index in [2.05, 4.69) is 23.1 Å². The Morgan fingerprint density at radius 3 is 1.53 bits per heavy atom. The van der Waals surface area contributed by atoms with Crippen molar-refractivity contribution in [2.75, 3.05) is 11.5 Å². The van der Waals surface area contributed by atoms with Crippen molar-refractivity contribution in [1.82, 2.24) is 9.97 Å². The summed E-state index contributed by atoms with van der Waals surface area (Å²) >= 11 is 3.01. The van der Waals surface area contributed by atoms with Crippen molar-refractivity contribution in [1.29, 1.82) is 0 Å². The van der Waals surface area contributed by atoms with Crippen LogP contribution in [0.25, 0.3) is 20.4 Å². The third kappa shape index (κ3) is 6.56. The van der Waals surface area contributed by atoms with Crippen molar-refractivity contribution in [3.05, 3.63) is 82.9 Å². The summed E-state index contributed by atoms with van der Waals surface area (Å²) in [6.45, 7) is 10.6. The fraction of sp³-hybridized carbons (Fsp3) is 0.231. The van der Waals surface area contributed by atoms with Gasteiger partial charge >= 0.3 is 11.9 Å². The zero-order chi connectivity index (χ0) is 25.7. The zero-order valence-electron chi connectivity index (χ0n) is 19.8. The summed E-state index contributed by atoms with van der Waals surface area (Å²) in [7, 11) is 3.05. The van der Waals surface area contributed by atoms with Crippen molar-refractivity contribution < 1.29 is 19.1 Å². The van der Waals surface area contributed by atoms with Gasteiger partial charge in [-0.3, -0.25) is 0 Å². The second-order valence-corrected chi connectivity index (χ2v) is 12.6. The molecule has 0 aliphatic rings. The topological polar surface area (TPSA) is 78.4 Å². The van der Waals surface area contributed by atoms with E-state index in [0.717, 1.165) is 30.4 Å². The summed E-state index contributed by atoms with van der Waals surface area (Å²) in [5.41, 5.74) is 2.41. The van der Waals surface area contributed by atoms with E-state index in [-0.39, 0.29) is 0 Å². The number of hydrogen-bond acceptors (Lipinski definition) is 10. The first-order chi connectivity index (χ1) is 17.3. The second kappa shape index (κ2) is 12.1. The molecule has 2 aromatic carbocycles. The molecule has 186 valence electrons. The molecule has 4 rings (SSSR count). The van der Waals surface area contributed by atoms with Crippen LogP contribution in [0.4, 0.5) is 0 Å². The molecule has 10 heteroatoms. The van der Waals surface area contributed by atoms with Crippen molar-refractivity contribution in [2.45, 2.75) is 26.1 Å². The monoisotopic (exact) mass is 556 g/mol. The van der Waals surface area contributed by atoms with E-state index < -0.39 is 24.1 Å². The Morgan fingerprint density at radius 1 is 0.778 bits per heavy atom. The van der Waals surface area contributed by atoms with Crippen molar-refractivity contribution in [2.24, 2.45) is 0 Å². The van der Waals surface area contributed by atoms with E-state index in [4.69, 9.17) is 9.47 Å². The molecule has 0 saturated heterocycles. The van der Waals surface area contributed by atoms with Crippen LogP contribution in [0.5, 0.6) is 0 Å². The molecule has 0 aliphatic carbocycles. The normalized spacial score (nSPS) is 12.8. The Kier molecular flexibility index (Phi) is 8.84. The van der Waals surface area contributed by atoms with Gasteiger partial charge in [0, 0.05) is 22.7 Å². The summed E-state index contributed by atoms with van der Waals surface area (Å²) < 4.78 is 13.5. The van der Waals surface area contributed by atoms with Crippen LogP contribution in [0.15, 0.2) is 72.8 Å². The van der Waals surface area contributed by atoms with Gasteiger partial charge in [-0.1, -0.05) is 59.0 Å². The fourth-order valence-electron chi connectivity index (χ4n) is 3.05. The van der Waals surface area contributed by atoms with Crippen LogP contribution in [0.1, 0.15) is 36.1 Å². The smallest absolute Gasteiger partial charge is 0.333 e. The Labute approximate surface area is 225 Å². The van der Waals surface area contributed by atoms with E-state index in [9.17, 15) is 9.59 Å². The lowest BCUT2D eigenvalue weighted by Crippen LogP contribution is -2.15. The van der Waals surface area contributed by atoms with Gasteiger partial charge in [0.15, 0.2) is 12.2 Å². The number of carbonyl (C=O) groups excluding carboxylic acids is 2. The molecular formula is C26H24N2O4S4. The fourth-order valence-corrected chi connectivity index (χ4v) is 7.46. The SMILES string of the molecule is C=C(C)C(=O)OC(CSSCC(OC(=O)C(=C)C)c1nc2ccccc2s1)c1nc2ccccc2s1. The standard InChI is InChI=1S/C26H24N2O4S4/c1-15(2)25(29)31-19(23-27-17-9-5-7-11-21(17)35-23)13-33-34-14-20(32-26(30)16(3)4)24-28-18-10-6-8-12-22(18)36-24/h5-12,19-20H,1,3,13-14H2,2,4H3. The molecule has 36 heavy (non-hydrogen) atoms. The Morgan fingerprint density at radius 2 is 1.17 bits per heavy atom. The molecule has 2 heterocycles. The molecule has 0 saturated carbocycles. The van der Waals surface area contributed by atoms with Crippen molar-refractivity contribution in [3.63, 3.8) is 0 Å². The summed E-state index contributed by atoms with van der Waals surface area (Å²) in [6, 6.07) is 15.6. The van der Waals surface area contributed by atoms with Crippen LogP contribution in [0.2, 0.25) is 0 Å². The number of benzene rings is 2. The molecule has 2 atom stereocenters. The highest BCUT2D eigenvalue weighted by atomic mass is 33.1. The van der Waals surface area contributed by atoms with Gasteiger partial charge in [-0.25, -0.2) is 19.6 Å². The van der Waals surface area contributed by atoms with Gasteiger partial charge in [-0.2, -0.15) is 0 Å². The largest absolute Gasteiger partial charge is 0.451 e. The number of hydrogen-bond donors (Lipinski definition) is 0. The van der Waals surface area contributed by atoms with E-state index >= 15 is 0 Å². The van der Waals surface area contributed by atoms with E-state index in [0.29, 0.717) is 22.7 Å². The number of nitrogens with zero attached hydrogens (tertiary/aromatic N) is 2. The van der Waals surface area contributed by atoms with Crippen LogP contribution >= 0.6 is 44.3 Å². The molecule has 4 aromatic rings. The van der Waals surface area contributed by atoms with E-state index in [1.165, 1.54) is 44.3 Å². The zero-order valence-corrected chi connectivity index (χ0v) is 23.0. The minimum absolute atomic E-state index is 0.335. The summed E-state index contributed by atoms with van der Waals surface area (Å²) in [6.07, 6.45) is -1.05. The highest BCUT2D eigenvalue weighted by Gasteiger charge is 2.24. The quantitative estimate of drug-likeness (QED) is 0.0824. The van der Waals surface area contributed by atoms with E-state index in [1.54, 1.807) is 13.8 Å². The Bertz CT molecular complexity index is 1250. The summed E-state index contributed by atoms with van der Waals surface area (Å²) in [5.74, 6) is 0.0508. The lowest BCUT2D eigenvalue weighted by molar-refractivity contribution is -0.144. The van der Waals surface area contributed by atoms with Gasteiger partial charge in [-0.05, 0) is 38.1 Å². The lowest BCUT2D eigenvalue weighted by Gasteiger charge is -2.17. The van der Waals surface area contributed by atoms with Crippen LogP contribution in [0.3, 0.4) is 0 Å². The number of ether oxygens (including phenoxy) is 2. The second-order valence-electron chi connectivity index (χ2n) is 7.96. The molecule has 0 N–H and O–H groups in total. The maximum Gasteiger partial charge on any atom is 0.333 e. The molecule has 0 bridgehead atoms. The average Bonchev–Trinajstić information content (AvgIpc) is 3.49. The number of rotatable bonds is 11. The van der Waals surface area contributed by atoms with Gasteiger partial charge in [0.2, 0.25) is 0 Å². The minimum Gasteiger partial charge on any atom is -0.451 e. The van der Waals surface area contributed by atoms with Gasteiger partial charge in [0.05, 0.1) is 20.4 Å². The van der Waals surface area contributed by atoms with E-state index in [1.807, 2.05) is 48.5 Å². The number of aromatic nitrogens is 2. The number of esters is 2. The van der Waals surface area contributed by atoms with Crippen molar-refractivity contribution in [3.8, 4) is 0 Å². The first-order valence-electron chi connectivity index (χ1n) is 11.0. The van der Waals surface area contributed by atoms with Crippen molar-refractivity contribution >= 4 is 76.6 Å². The van der Waals surface area contributed by atoms with Crippen LogP contribution in [-0.2, 0) is 19.1 Å². The number of thiazole rings is 2. The first kappa shape index (κ1) is 26.4. The molecule has 6 nitrogen and oxygen atoms in total. The highest BCUT2D eigenvalue weighted by Crippen LogP contribution is 2.38. The maximum absolute atomic E-state index is 12.3. The Hall–Kier alpha value is -2.66. The van der Waals surface area contributed by atoms with Crippen LogP contribution in [0, 0.1) is 0 Å². The molecule has 0 spiro atoms. The average molecular weight is 557 g/mol. The predicted molar refractivity (Wildman–Crippen MR) is 151 cm³/mol. The van der Waals surface area contributed by atoms with Crippen LogP contribution in [-0.4, -0.2) is 33.4 Å². The molecule has 2 aromatic heterocycles. The predicted octanol–water partition coefficient (Wildman–Crippen LogP) is 7.31. The van der Waals surface area contributed by atoms with Gasteiger partial charge < -0.3 is 9.47 Å². The number of fused-ring (bicyclic) bond motifs is 2. The molecule has 0 aliphatic heterocycles. The molecular weight excluding hydrogens is 533 g/mol. The van der Waals surface area contributed by atoms with Gasteiger partial charge in [-0.15, -0.1) is 22.7 Å². The third-order valence-electron chi connectivity index (χ3n) is 4.89. The number of para-hydroxylation sites is 2. The molecule has 0 fully saturated rings. The number of carbonyl (C=O) groups is 2. The summed E-state index contributed by atoms with van der Waals surface area (Å²) in [4.78, 5) is 34.0. The maximum atomic E-state index is 12.3. The lowest BCUT2D eigenvalue weighted by atomic mass is 10.3. The Balaban J connectivity index is 1.46. The third-order valence-corrected chi connectivity index (χ3v) is 9.51. The van der Waals surface area contributed by atoms with Gasteiger partial charge in [0.1, 0.15) is 10.0 Å². The minimum atomic E-state index is -0.525. The van der Waals surface area contributed by atoms with Crippen LogP contribution < -0.4 is 0 Å². The van der Waals surface area contributed by atoms with Gasteiger partial charge in [0.25, 0.3) is 0 Å². The molecule has 0 radical (unpaired) electrons. The highest BCUT2D eigenvalue weighted by molar-refractivity contribution is 8.76. The molecule has 2 unspecified atom stereocenters. The molecule has 0 amide bonds. The first-order valence-corrected chi connectivity index (χ1v) is 15.1.